The zero-order valence-corrected chi connectivity index (χ0v) is 10.4. The Morgan fingerprint density at radius 3 is 2.50 bits per heavy atom. The van der Waals surface area contributed by atoms with Crippen LogP contribution in [0, 0.1) is 22.7 Å². The molecule has 0 bridgehead atoms. The third-order valence-corrected chi connectivity index (χ3v) is 2.43. The van der Waals surface area contributed by atoms with Crippen LogP contribution in [0.25, 0.3) is 0 Å². The number of aliphatic hydroxyl groups excluding tert-OH is 1. The van der Waals surface area contributed by atoms with Crippen LogP contribution in [0.2, 0.25) is 0 Å². The second-order valence-electron chi connectivity index (χ2n) is 2.90. The lowest BCUT2D eigenvalue weighted by molar-refractivity contribution is -0.110. The summed E-state index contributed by atoms with van der Waals surface area (Å²) in [6, 6.07) is 9.34. The van der Waals surface area contributed by atoms with E-state index in [1.165, 1.54) is 12.1 Å². The molecule has 6 nitrogen and oxygen atoms in total. The average molecular weight is 305 g/mol. The third-order valence-electron chi connectivity index (χ3n) is 1.76. The van der Waals surface area contributed by atoms with Gasteiger partial charge in [0, 0.05) is 4.47 Å². The Bertz CT molecular complexity index is 623. The highest BCUT2D eigenvalue weighted by atomic mass is 79.9. The van der Waals surface area contributed by atoms with E-state index in [-0.39, 0.29) is 0 Å². The van der Waals surface area contributed by atoms with Crippen LogP contribution in [0.5, 0.6) is 0 Å². The van der Waals surface area contributed by atoms with E-state index in [9.17, 15) is 4.79 Å². The first kappa shape index (κ1) is 13.6. The molecule has 1 rings (SSSR count). The second kappa shape index (κ2) is 6.28. The fraction of sp³-hybridized carbons (Fsp3) is 0. The molecule has 1 aromatic rings. The molecule has 0 fully saturated rings. The van der Waals surface area contributed by atoms with E-state index >= 15 is 0 Å². The van der Waals surface area contributed by atoms with E-state index in [1.807, 2.05) is 0 Å². The van der Waals surface area contributed by atoms with E-state index in [4.69, 9.17) is 15.6 Å². The summed E-state index contributed by atoms with van der Waals surface area (Å²) in [5.41, 5.74) is -0.290. The summed E-state index contributed by atoms with van der Waals surface area (Å²) in [6.07, 6.45) is 0. The molecular formula is C11H5BrN4O2. The highest BCUT2D eigenvalue weighted by Gasteiger charge is 2.14. The number of hydrogen-bond donors (Lipinski definition) is 1. The Labute approximate surface area is 111 Å². The lowest BCUT2D eigenvalue weighted by Crippen LogP contribution is -1.99. The first-order chi connectivity index (χ1) is 8.60. The summed E-state index contributed by atoms with van der Waals surface area (Å²) in [4.78, 5) is 11.1. The van der Waals surface area contributed by atoms with Gasteiger partial charge in [-0.2, -0.15) is 10.5 Å². The number of allylic oxidation sites excluding steroid dienone is 2. The molecule has 88 valence electrons. The number of nitrogens with zero attached hydrogens (tertiary/aromatic N) is 4. The van der Waals surface area contributed by atoms with Crippen molar-refractivity contribution < 1.29 is 9.90 Å². The summed E-state index contributed by atoms with van der Waals surface area (Å²) < 4.78 is 0.619. The monoisotopic (exact) mass is 304 g/mol. The van der Waals surface area contributed by atoms with Crippen molar-refractivity contribution in [2.75, 3.05) is 0 Å². The summed E-state index contributed by atoms with van der Waals surface area (Å²) >= 11 is 3.21. The Balaban J connectivity index is 3.16. The van der Waals surface area contributed by atoms with Gasteiger partial charge in [-0.1, -0.05) is 12.1 Å². The van der Waals surface area contributed by atoms with E-state index < -0.39 is 17.2 Å². The minimum atomic E-state index is -1.13. The second-order valence-corrected chi connectivity index (χ2v) is 3.76. The molecule has 0 heterocycles. The predicted octanol–water partition coefficient (Wildman–Crippen LogP) is 2.92. The fourth-order valence-electron chi connectivity index (χ4n) is 0.943. The molecule has 0 atom stereocenters. The van der Waals surface area contributed by atoms with Crippen molar-refractivity contribution >= 4 is 27.4 Å². The fourth-order valence-corrected chi connectivity index (χ4v) is 1.31. The molecule has 0 amide bonds. The predicted molar refractivity (Wildman–Crippen MR) is 64.5 cm³/mol. The standard InChI is InChI=1S/C11H5BrN4O2/c12-7-3-1-2-4-8(7)15-16-11(9(17)5-13)10(18)6-14/h1-4,17H/b11-9-,16-15?. The molecule has 1 N–H and O–H groups in total. The van der Waals surface area contributed by atoms with Gasteiger partial charge in [0.1, 0.15) is 12.1 Å². The zero-order valence-electron chi connectivity index (χ0n) is 8.83. The molecular weight excluding hydrogens is 300 g/mol. The van der Waals surface area contributed by atoms with Gasteiger partial charge in [-0.25, -0.2) is 0 Å². The maximum atomic E-state index is 11.1. The SMILES string of the molecule is N#CC(=O)/C(N=Nc1ccccc1Br)=C(/O)C#N. The maximum absolute atomic E-state index is 11.1. The molecule has 1 aromatic carbocycles. The first-order valence-corrected chi connectivity index (χ1v) is 5.33. The van der Waals surface area contributed by atoms with Crippen LogP contribution in [0.15, 0.2) is 50.4 Å². The number of hydrogen-bond acceptors (Lipinski definition) is 6. The molecule has 0 unspecified atom stereocenters. The third kappa shape index (κ3) is 3.24. The van der Waals surface area contributed by atoms with E-state index in [0.717, 1.165) is 0 Å². The molecule has 0 spiro atoms. The van der Waals surface area contributed by atoms with Gasteiger partial charge in [-0.3, -0.25) is 4.79 Å². The number of carbonyl (C=O) groups excluding carboxylic acids is 1. The lowest BCUT2D eigenvalue weighted by Gasteiger charge is -1.96. The summed E-state index contributed by atoms with van der Waals surface area (Å²) in [5.74, 6) is -2.08. The van der Waals surface area contributed by atoms with Crippen LogP contribution in [0.3, 0.4) is 0 Å². The summed E-state index contributed by atoms with van der Waals surface area (Å²) in [6.45, 7) is 0. The molecule has 0 saturated heterocycles. The highest BCUT2D eigenvalue weighted by Crippen LogP contribution is 2.25. The molecule has 0 saturated carbocycles. The van der Waals surface area contributed by atoms with Crippen LogP contribution in [0.4, 0.5) is 5.69 Å². The van der Waals surface area contributed by atoms with Crippen LogP contribution >= 0.6 is 15.9 Å². The van der Waals surface area contributed by atoms with Crippen LogP contribution in [-0.2, 0) is 4.79 Å². The van der Waals surface area contributed by atoms with Gasteiger partial charge in [0.2, 0.25) is 5.76 Å². The van der Waals surface area contributed by atoms with Crippen molar-refractivity contribution in [2.24, 2.45) is 10.2 Å². The molecule has 0 aliphatic rings. The number of rotatable bonds is 3. The van der Waals surface area contributed by atoms with Gasteiger partial charge in [0.15, 0.2) is 5.70 Å². The van der Waals surface area contributed by atoms with Crippen LogP contribution in [0.1, 0.15) is 0 Å². The number of nitriles is 2. The van der Waals surface area contributed by atoms with E-state index in [1.54, 1.807) is 24.3 Å². The molecule has 0 radical (unpaired) electrons. The largest absolute Gasteiger partial charge is 0.498 e. The normalized spacial score (nSPS) is 11.5. The molecule has 0 aliphatic carbocycles. The van der Waals surface area contributed by atoms with E-state index in [2.05, 4.69) is 26.2 Å². The summed E-state index contributed by atoms with van der Waals surface area (Å²) in [5, 5.41) is 33.2. The van der Waals surface area contributed by atoms with Crippen molar-refractivity contribution in [2.45, 2.75) is 0 Å². The number of azo groups is 1. The molecule has 7 heteroatoms. The number of benzene rings is 1. The minimum absolute atomic E-state index is 0.395. The molecule has 0 aromatic heterocycles. The van der Waals surface area contributed by atoms with Crippen LogP contribution < -0.4 is 0 Å². The summed E-state index contributed by atoms with van der Waals surface area (Å²) in [7, 11) is 0. The highest BCUT2D eigenvalue weighted by molar-refractivity contribution is 9.10. The number of halogens is 1. The zero-order chi connectivity index (χ0) is 13.5. The smallest absolute Gasteiger partial charge is 0.286 e. The molecule has 18 heavy (non-hydrogen) atoms. The van der Waals surface area contributed by atoms with Crippen molar-refractivity contribution in [1.82, 2.24) is 0 Å². The van der Waals surface area contributed by atoms with Gasteiger partial charge < -0.3 is 5.11 Å². The Hall–Kier alpha value is -2.51. The van der Waals surface area contributed by atoms with E-state index in [0.29, 0.717) is 10.2 Å². The number of carbonyl (C=O) groups is 1. The minimum Gasteiger partial charge on any atom is -0.498 e. The van der Waals surface area contributed by atoms with Crippen molar-refractivity contribution in [3.63, 3.8) is 0 Å². The number of aliphatic hydroxyl groups is 1. The van der Waals surface area contributed by atoms with Gasteiger partial charge in [-0.15, -0.1) is 10.2 Å². The average Bonchev–Trinajstić information content (AvgIpc) is 2.40. The van der Waals surface area contributed by atoms with Crippen molar-refractivity contribution in [1.29, 1.82) is 10.5 Å². The maximum Gasteiger partial charge on any atom is 0.286 e. The van der Waals surface area contributed by atoms with Gasteiger partial charge in [-0.05, 0) is 28.1 Å². The first-order valence-electron chi connectivity index (χ1n) is 4.54. The lowest BCUT2D eigenvalue weighted by atomic mass is 10.3. The van der Waals surface area contributed by atoms with Gasteiger partial charge in [0.25, 0.3) is 5.78 Å². The van der Waals surface area contributed by atoms with Crippen LogP contribution in [-0.4, -0.2) is 10.9 Å². The van der Waals surface area contributed by atoms with Gasteiger partial charge in [0.05, 0.1) is 5.69 Å². The topological polar surface area (TPSA) is 110 Å². The number of ketones is 1. The van der Waals surface area contributed by atoms with Crippen molar-refractivity contribution in [3.05, 3.63) is 40.2 Å². The molecule has 0 aliphatic heterocycles. The Morgan fingerprint density at radius 1 is 1.28 bits per heavy atom. The number of Topliss-reactive ketones (excluding diaryl/α,β-unsaturated/α-hetero) is 1. The van der Waals surface area contributed by atoms with Crippen molar-refractivity contribution in [3.8, 4) is 12.1 Å². The Kier molecular flexibility index (Phi) is 4.73. The quantitative estimate of drug-likeness (QED) is 0.231. The van der Waals surface area contributed by atoms with Gasteiger partial charge >= 0.3 is 0 Å². The Morgan fingerprint density at radius 2 is 1.94 bits per heavy atom.